The molecule has 27 heavy (non-hydrogen) atoms. The molecule has 2 aromatic rings. The number of anilines is 1. The van der Waals surface area contributed by atoms with Crippen molar-refractivity contribution in [3.63, 3.8) is 0 Å². The maximum absolute atomic E-state index is 5.34. The first-order chi connectivity index (χ1) is 13.2. The molecule has 0 bridgehead atoms. The number of aliphatic imine (C=N–C) groups is 1. The molecule has 0 aliphatic carbocycles. The second-order valence-electron chi connectivity index (χ2n) is 6.79. The Bertz CT molecular complexity index is 760. The molecule has 1 aliphatic rings. The lowest BCUT2D eigenvalue weighted by Crippen LogP contribution is -2.41. The van der Waals surface area contributed by atoms with E-state index in [0.29, 0.717) is 5.92 Å². The number of nitrogens with zero attached hydrogens (tertiary/aromatic N) is 3. The number of hydrogen-bond donors (Lipinski definition) is 2. The molecule has 0 spiro atoms. The Morgan fingerprint density at radius 3 is 3.04 bits per heavy atom. The van der Waals surface area contributed by atoms with Crippen molar-refractivity contribution in [1.82, 2.24) is 15.6 Å². The van der Waals surface area contributed by atoms with Crippen molar-refractivity contribution >= 4 is 23.0 Å². The van der Waals surface area contributed by atoms with E-state index in [9.17, 15) is 0 Å². The first-order valence-corrected chi connectivity index (χ1v) is 10.3. The number of hydrogen-bond acceptors (Lipinski definition) is 5. The van der Waals surface area contributed by atoms with Gasteiger partial charge in [-0.15, -0.1) is 11.3 Å². The highest BCUT2D eigenvalue weighted by atomic mass is 32.1. The fraction of sp³-hybridized carbons (Fsp3) is 0.500. The fourth-order valence-corrected chi connectivity index (χ4v) is 3.98. The second kappa shape index (κ2) is 9.60. The zero-order valence-corrected chi connectivity index (χ0v) is 17.2. The molecule has 3 rings (SSSR count). The number of aromatic nitrogens is 1. The summed E-state index contributed by atoms with van der Waals surface area (Å²) in [6, 6.07) is 8.30. The van der Waals surface area contributed by atoms with E-state index in [-0.39, 0.29) is 0 Å². The van der Waals surface area contributed by atoms with Crippen molar-refractivity contribution in [3.8, 4) is 5.75 Å². The highest BCUT2D eigenvalue weighted by molar-refractivity contribution is 7.09. The molecule has 2 N–H and O–H groups in total. The number of methoxy groups -OCH3 is 1. The van der Waals surface area contributed by atoms with Crippen LogP contribution >= 0.6 is 11.3 Å². The van der Waals surface area contributed by atoms with Gasteiger partial charge in [-0.3, -0.25) is 4.99 Å². The average molecular weight is 388 g/mol. The first kappa shape index (κ1) is 19.5. The van der Waals surface area contributed by atoms with Crippen LogP contribution in [0.25, 0.3) is 0 Å². The Balaban J connectivity index is 1.41. The Hall–Kier alpha value is -2.28. The van der Waals surface area contributed by atoms with Gasteiger partial charge in [-0.1, -0.05) is 6.07 Å². The smallest absolute Gasteiger partial charge is 0.190 e. The van der Waals surface area contributed by atoms with Crippen molar-refractivity contribution in [2.75, 3.05) is 45.2 Å². The number of nitrogens with one attached hydrogen (secondary N) is 2. The molecule has 6 nitrogen and oxygen atoms in total. The number of aryl methyl sites for hydroxylation is 1. The summed E-state index contributed by atoms with van der Waals surface area (Å²) in [5, 5.41) is 10.1. The molecule has 0 amide bonds. The van der Waals surface area contributed by atoms with Gasteiger partial charge in [-0.2, -0.15) is 0 Å². The highest BCUT2D eigenvalue weighted by Gasteiger charge is 2.23. The normalized spacial score (nSPS) is 17.2. The molecule has 0 radical (unpaired) electrons. The molecule has 2 heterocycles. The Labute approximate surface area is 165 Å². The number of thiazole rings is 1. The standard InChI is InChI=1S/C20H29N5OS/c1-15-24-17(14-27-15)7-9-22-20(21-2)23-12-16-8-10-25(13-16)18-5-4-6-19(11-18)26-3/h4-6,11,14,16H,7-10,12-13H2,1-3H3,(H2,21,22,23). The predicted octanol–water partition coefficient (Wildman–Crippen LogP) is 2.69. The summed E-state index contributed by atoms with van der Waals surface area (Å²) in [6.45, 7) is 5.93. The topological polar surface area (TPSA) is 61.8 Å². The van der Waals surface area contributed by atoms with Gasteiger partial charge in [0.15, 0.2) is 5.96 Å². The van der Waals surface area contributed by atoms with E-state index >= 15 is 0 Å². The minimum atomic E-state index is 0.607. The lowest BCUT2D eigenvalue weighted by atomic mass is 10.1. The van der Waals surface area contributed by atoms with Crippen molar-refractivity contribution in [1.29, 1.82) is 0 Å². The Morgan fingerprint density at radius 2 is 2.30 bits per heavy atom. The van der Waals surface area contributed by atoms with E-state index in [2.05, 4.69) is 49.1 Å². The largest absolute Gasteiger partial charge is 0.497 e. The number of guanidine groups is 1. The molecular weight excluding hydrogens is 358 g/mol. The zero-order chi connectivity index (χ0) is 19.1. The van der Waals surface area contributed by atoms with E-state index < -0.39 is 0 Å². The van der Waals surface area contributed by atoms with E-state index in [1.165, 1.54) is 12.1 Å². The van der Waals surface area contributed by atoms with Gasteiger partial charge in [-0.25, -0.2) is 4.98 Å². The third kappa shape index (κ3) is 5.60. The van der Waals surface area contributed by atoms with Gasteiger partial charge in [-0.05, 0) is 31.4 Å². The molecule has 1 fully saturated rings. The molecule has 1 atom stereocenters. The molecule has 1 aromatic carbocycles. The predicted molar refractivity (Wildman–Crippen MR) is 113 cm³/mol. The van der Waals surface area contributed by atoms with Crippen molar-refractivity contribution in [2.45, 2.75) is 19.8 Å². The van der Waals surface area contributed by atoms with Crippen LogP contribution in [0.5, 0.6) is 5.75 Å². The summed E-state index contributed by atoms with van der Waals surface area (Å²) in [7, 11) is 3.53. The van der Waals surface area contributed by atoms with Crippen LogP contribution in [0.3, 0.4) is 0 Å². The highest BCUT2D eigenvalue weighted by Crippen LogP contribution is 2.26. The fourth-order valence-electron chi connectivity index (χ4n) is 3.33. The minimum absolute atomic E-state index is 0.607. The van der Waals surface area contributed by atoms with Crippen molar-refractivity contribution in [2.24, 2.45) is 10.9 Å². The number of rotatable bonds is 7. The minimum Gasteiger partial charge on any atom is -0.497 e. The van der Waals surface area contributed by atoms with Crippen LogP contribution in [0.15, 0.2) is 34.6 Å². The Morgan fingerprint density at radius 1 is 1.41 bits per heavy atom. The third-order valence-corrected chi connectivity index (χ3v) is 5.65. The number of ether oxygens (including phenoxy) is 1. The van der Waals surface area contributed by atoms with Gasteiger partial charge in [0.2, 0.25) is 0 Å². The molecule has 1 aliphatic heterocycles. The third-order valence-electron chi connectivity index (χ3n) is 4.83. The van der Waals surface area contributed by atoms with Crippen molar-refractivity contribution < 1.29 is 4.74 Å². The van der Waals surface area contributed by atoms with E-state index in [0.717, 1.165) is 55.0 Å². The average Bonchev–Trinajstić information content (AvgIpc) is 3.33. The molecule has 7 heteroatoms. The van der Waals surface area contributed by atoms with Gasteiger partial charge in [0.25, 0.3) is 0 Å². The van der Waals surface area contributed by atoms with Gasteiger partial charge in [0, 0.05) is 56.8 Å². The van der Waals surface area contributed by atoms with E-state index in [4.69, 9.17) is 4.74 Å². The monoisotopic (exact) mass is 387 g/mol. The van der Waals surface area contributed by atoms with Gasteiger partial charge >= 0.3 is 0 Å². The van der Waals surface area contributed by atoms with Gasteiger partial charge in [0.1, 0.15) is 5.75 Å². The van der Waals surface area contributed by atoms with Crippen LogP contribution in [-0.2, 0) is 6.42 Å². The molecular formula is C20H29N5OS. The molecule has 1 aromatic heterocycles. The number of benzene rings is 1. The van der Waals surface area contributed by atoms with Crippen molar-refractivity contribution in [3.05, 3.63) is 40.3 Å². The molecule has 1 unspecified atom stereocenters. The quantitative estimate of drug-likeness (QED) is 0.565. The Kier molecular flexibility index (Phi) is 6.92. The van der Waals surface area contributed by atoms with Gasteiger partial charge in [0.05, 0.1) is 17.8 Å². The van der Waals surface area contributed by atoms with E-state index in [1.807, 2.05) is 20.0 Å². The van der Waals surface area contributed by atoms with Crippen LogP contribution < -0.4 is 20.3 Å². The summed E-state index contributed by atoms with van der Waals surface area (Å²) in [5.74, 6) is 2.38. The lowest BCUT2D eigenvalue weighted by Gasteiger charge is -2.20. The van der Waals surface area contributed by atoms with E-state index in [1.54, 1.807) is 18.4 Å². The lowest BCUT2D eigenvalue weighted by molar-refractivity contribution is 0.415. The molecule has 0 saturated carbocycles. The van der Waals surface area contributed by atoms with Crippen LogP contribution in [0.4, 0.5) is 5.69 Å². The molecule has 146 valence electrons. The van der Waals surface area contributed by atoms with Crippen LogP contribution in [0, 0.1) is 12.8 Å². The summed E-state index contributed by atoms with van der Waals surface area (Å²) < 4.78 is 5.34. The van der Waals surface area contributed by atoms with Crippen LogP contribution in [0.1, 0.15) is 17.1 Å². The summed E-state index contributed by atoms with van der Waals surface area (Å²) in [5.41, 5.74) is 2.38. The SMILES string of the molecule is CN=C(NCCc1csc(C)n1)NCC1CCN(c2cccc(OC)c2)C1. The summed E-state index contributed by atoms with van der Waals surface area (Å²) >= 11 is 1.70. The summed E-state index contributed by atoms with van der Waals surface area (Å²) in [4.78, 5) is 11.3. The van der Waals surface area contributed by atoms with Gasteiger partial charge < -0.3 is 20.3 Å². The summed E-state index contributed by atoms with van der Waals surface area (Å²) in [6.07, 6.45) is 2.09. The molecule has 1 saturated heterocycles. The maximum atomic E-state index is 5.34. The maximum Gasteiger partial charge on any atom is 0.190 e. The second-order valence-corrected chi connectivity index (χ2v) is 7.85. The van der Waals surface area contributed by atoms with Crippen LogP contribution in [0.2, 0.25) is 0 Å². The van der Waals surface area contributed by atoms with Crippen LogP contribution in [-0.4, -0.2) is 51.3 Å². The first-order valence-electron chi connectivity index (χ1n) is 9.42. The zero-order valence-electron chi connectivity index (χ0n) is 16.4.